The molecule has 0 atom stereocenters. The number of halogens is 1. The molecule has 0 aromatic rings. The summed E-state index contributed by atoms with van der Waals surface area (Å²) in [5.41, 5.74) is 0. The molecular formula is C5H9FOS. The summed E-state index contributed by atoms with van der Waals surface area (Å²) in [4.78, 5) is 0. The van der Waals surface area contributed by atoms with Gasteiger partial charge >= 0.3 is 0 Å². The van der Waals surface area contributed by atoms with Gasteiger partial charge in [0.1, 0.15) is 6.17 Å². The molecule has 0 heterocycles. The van der Waals surface area contributed by atoms with E-state index in [0.29, 0.717) is 25.4 Å². The maximum absolute atomic E-state index is 12.0. The van der Waals surface area contributed by atoms with Crippen LogP contribution in [0.5, 0.6) is 0 Å². The van der Waals surface area contributed by atoms with Crippen LogP contribution in [0.2, 0.25) is 0 Å². The Kier molecular flexibility index (Phi) is 2.14. The Labute approximate surface area is 53.8 Å². The van der Waals surface area contributed by atoms with Crippen LogP contribution in [0.25, 0.3) is 0 Å². The normalized spacial score (nSPS) is 36.8. The van der Waals surface area contributed by atoms with E-state index in [1.54, 1.807) is 0 Å². The molecule has 48 valence electrons. The van der Waals surface area contributed by atoms with E-state index in [2.05, 4.69) is 17.1 Å². The lowest BCUT2D eigenvalue weighted by Gasteiger charge is -2.27. The van der Waals surface area contributed by atoms with Gasteiger partial charge < -0.3 is 4.18 Å². The van der Waals surface area contributed by atoms with Gasteiger partial charge in [0.2, 0.25) is 0 Å². The molecule has 0 aromatic heterocycles. The third kappa shape index (κ3) is 1.36. The van der Waals surface area contributed by atoms with Crippen molar-refractivity contribution in [3.8, 4) is 0 Å². The number of hydrogen-bond donors (Lipinski definition) is 1. The zero-order valence-corrected chi connectivity index (χ0v) is 5.40. The van der Waals surface area contributed by atoms with E-state index in [4.69, 9.17) is 0 Å². The van der Waals surface area contributed by atoms with Crippen LogP contribution in [-0.2, 0) is 4.18 Å². The number of rotatable bonds is 2. The Hall–Kier alpha value is 0.240. The molecule has 1 aliphatic rings. The molecular weight excluding hydrogens is 127 g/mol. The Morgan fingerprint density at radius 1 is 1.62 bits per heavy atom. The Balaban J connectivity index is 1.98. The van der Waals surface area contributed by atoms with Crippen molar-refractivity contribution in [2.75, 3.05) is 6.61 Å². The van der Waals surface area contributed by atoms with E-state index in [1.165, 1.54) is 0 Å². The number of alkyl halides is 1. The van der Waals surface area contributed by atoms with E-state index < -0.39 is 6.17 Å². The first kappa shape index (κ1) is 6.36. The largest absolute Gasteiger partial charge is 0.318 e. The molecule has 1 fully saturated rings. The Morgan fingerprint density at radius 2 is 2.25 bits per heavy atom. The van der Waals surface area contributed by atoms with E-state index in [9.17, 15) is 4.39 Å². The second kappa shape index (κ2) is 2.69. The molecule has 1 aliphatic carbocycles. The van der Waals surface area contributed by atoms with Crippen molar-refractivity contribution in [3.05, 3.63) is 0 Å². The molecule has 0 amide bonds. The van der Waals surface area contributed by atoms with Gasteiger partial charge in [-0.3, -0.25) is 0 Å². The molecule has 1 saturated carbocycles. The quantitative estimate of drug-likeness (QED) is 0.448. The highest BCUT2D eigenvalue weighted by atomic mass is 32.1. The van der Waals surface area contributed by atoms with Crippen LogP contribution in [0.15, 0.2) is 0 Å². The molecule has 0 aliphatic heterocycles. The van der Waals surface area contributed by atoms with Gasteiger partial charge in [0.15, 0.2) is 0 Å². The third-order valence-corrected chi connectivity index (χ3v) is 1.64. The van der Waals surface area contributed by atoms with Gasteiger partial charge in [-0.05, 0) is 31.7 Å². The van der Waals surface area contributed by atoms with Crippen molar-refractivity contribution in [3.63, 3.8) is 0 Å². The van der Waals surface area contributed by atoms with Gasteiger partial charge in [-0.15, -0.1) is 0 Å². The Morgan fingerprint density at radius 3 is 2.62 bits per heavy atom. The third-order valence-electron chi connectivity index (χ3n) is 1.49. The van der Waals surface area contributed by atoms with Crippen LogP contribution in [0.1, 0.15) is 12.8 Å². The topological polar surface area (TPSA) is 9.23 Å². The van der Waals surface area contributed by atoms with Gasteiger partial charge in [0, 0.05) is 0 Å². The summed E-state index contributed by atoms with van der Waals surface area (Å²) in [7, 11) is 0. The summed E-state index contributed by atoms with van der Waals surface area (Å²) in [6, 6.07) is 0. The highest BCUT2D eigenvalue weighted by molar-refractivity contribution is 7.75. The summed E-state index contributed by atoms with van der Waals surface area (Å²) in [5.74, 6) is 0.433. The van der Waals surface area contributed by atoms with E-state index >= 15 is 0 Å². The van der Waals surface area contributed by atoms with Gasteiger partial charge in [0.25, 0.3) is 0 Å². The number of hydrogen-bond acceptors (Lipinski definition) is 2. The van der Waals surface area contributed by atoms with E-state index in [1.807, 2.05) is 0 Å². The first-order valence-electron chi connectivity index (χ1n) is 2.73. The summed E-state index contributed by atoms with van der Waals surface area (Å²) < 4.78 is 16.5. The lowest BCUT2D eigenvalue weighted by molar-refractivity contribution is 0.0950. The average molecular weight is 136 g/mol. The van der Waals surface area contributed by atoms with Crippen molar-refractivity contribution in [1.82, 2.24) is 0 Å². The van der Waals surface area contributed by atoms with Crippen molar-refractivity contribution in [1.29, 1.82) is 0 Å². The van der Waals surface area contributed by atoms with E-state index in [-0.39, 0.29) is 0 Å². The molecule has 0 N–H and O–H groups in total. The lowest BCUT2D eigenvalue weighted by atomic mass is 9.84. The molecule has 0 unspecified atom stereocenters. The minimum atomic E-state index is -0.566. The van der Waals surface area contributed by atoms with Gasteiger partial charge in [-0.25, -0.2) is 4.39 Å². The predicted octanol–water partition coefficient (Wildman–Crippen LogP) is 1.60. The maximum Gasteiger partial charge on any atom is 0.101 e. The van der Waals surface area contributed by atoms with Crippen LogP contribution in [0.3, 0.4) is 0 Å². The maximum atomic E-state index is 12.0. The molecule has 0 aromatic carbocycles. The minimum absolute atomic E-state index is 0.433. The highest BCUT2D eigenvalue weighted by Gasteiger charge is 2.28. The van der Waals surface area contributed by atoms with Crippen LogP contribution < -0.4 is 0 Å². The minimum Gasteiger partial charge on any atom is -0.318 e. The first-order chi connectivity index (χ1) is 3.83. The molecule has 1 rings (SSSR count). The molecule has 0 bridgehead atoms. The van der Waals surface area contributed by atoms with Crippen molar-refractivity contribution in [2.24, 2.45) is 5.92 Å². The summed E-state index contributed by atoms with van der Waals surface area (Å²) in [6.45, 7) is 0.601. The van der Waals surface area contributed by atoms with Gasteiger partial charge in [-0.1, -0.05) is 0 Å². The zero-order chi connectivity index (χ0) is 5.98. The molecule has 3 heteroatoms. The SMILES string of the molecule is FC1CC(COS)C1. The lowest BCUT2D eigenvalue weighted by Crippen LogP contribution is -2.27. The van der Waals surface area contributed by atoms with Crippen LogP contribution in [0.4, 0.5) is 4.39 Å². The highest BCUT2D eigenvalue weighted by Crippen LogP contribution is 2.30. The molecule has 0 spiro atoms. The van der Waals surface area contributed by atoms with E-state index in [0.717, 1.165) is 0 Å². The van der Waals surface area contributed by atoms with Crippen molar-refractivity contribution >= 4 is 12.9 Å². The summed E-state index contributed by atoms with van der Waals surface area (Å²) in [5, 5.41) is 0. The average Bonchev–Trinajstić information content (AvgIpc) is 1.64. The second-order valence-electron chi connectivity index (χ2n) is 2.23. The molecule has 0 saturated heterocycles. The Bertz CT molecular complexity index is 70.1. The van der Waals surface area contributed by atoms with Crippen molar-refractivity contribution < 1.29 is 8.57 Å². The van der Waals surface area contributed by atoms with Gasteiger partial charge in [0.05, 0.1) is 6.61 Å². The number of thiol groups is 1. The van der Waals surface area contributed by atoms with Crippen LogP contribution in [0, 0.1) is 5.92 Å². The fraction of sp³-hybridized carbons (Fsp3) is 1.00. The first-order valence-corrected chi connectivity index (χ1v) is 3.10. The summed E-state index contributed by atoms with van der Waals surface area (Å²) in [6.07, 6.45) is 0.768. The molecule has 8 heavy (non-hydrogen) atoms. The van der Waals surface area contributed by atoms with Gasteiger partial charge in [-0.2, -0.15) is 0 Å². The van der Waals surface area contributed by atoms with Crippen LogP contribution >= 0.6 is 12.9 Å². The fourth-order valence-electron chi connectivity index (χ4n) is 0.896. The standard InChI is InChI=1S/C5H9FOS/c6-5-1-4(2-5)3-7-8/h4-5,8H,1-3H2. The molecule has 1 nitrogen and oxygen atoms in total. The predicted molar refractivity (Wildman–Crippen MR) is 32.6 cm³/mol. The summed E-state index contributed by atoms with van der Waals surface area (Å²) >= 11 is 3.55. The zero-order valence-electron chi connectivity index (χ0n) is 4.51. The smallest absolute Gasteiger partial charge is 0.101 e. The van der Waals surface area contributed by atoms with Crippen LogP contribution in [-0.4, -0.2) is 12.8 Å². The monoisotopic (exact) mass is 136 g/mol. The van der Waals surface area contributed by atoms with Crippen molar-refractivity contribution in [2.45, 2.75) is 19.0 Å². The molecule has 0 radical (unpaired) electrons. The fourth-order valence-corrected chi connectivity index (χ4v) is 1.11. The second-order valence-corrected chi connectivity index (χ2v) is 2.49.